The van der Waals surface area contributed by atoms with Gasteiger partial charge < -0.3 is 19.3 Å². The molecule has 3 rings (SSSR count). The third kappa shape index (κ3) is 6.08. The van der Waals surface area contributed by atoms with Crippen molar-refractivity contribution in [1.82, 2.24) is 9.80 Å². The van der Waals surface area contributed by atoms with Gasteiger partial charge in [-0.2, -0.15) is 0 Å². The van der Waals surface area contributed by atoms with Gasteiger partial charge in [-0.1, -0.05) is 32.9 Å². The van der Waals surface area contributed by atoms with E-state index in [1.165, 1.54) is 4.88 Å². The maximum absolute atomic E-state index is 13.6. The number of carbonyl (C=O) groups excluding carboxylic acids is 2. The first-order chi connectivity index (χ1) is 15.8. The summed E-state index contributed by atoms with van der Waals surface area (Å²) < 4.78 is 11.6. The average Bonchev–Trinajstić information content (AvgIpc) is 3.29. The van der Waals surface area contributed by atoms with E-state index in [9.17, 15) is 9.59 Å². The molecular formula is C26H36N2O4S. The molecule has 0 aliphatic carbocycles. The van der Waals surface area contributed by atoms with Gasteiger partial charge in [0, 0.05) is 23.9 Å². The number of methoxy groups -OCH3 is 1. The minimum absolute atomic E-state index is 0.0185. The number of ether oxygens (including phenoxy) is 2. The Kier molecular flexibility index (Phi) is 8.78. The van der Waals surface area contributed by atoms with Crippen LogP contribution in [0.5, 0.6) is 11.5 Å². The summed E-state index contributed by atoms with van der Waals surface area (Å²) in [4.78, 5) is 31.4. The summed E-state index contributed by atoms with van der Waals surface area (Å²) in [5, 5.41) is 2.08. The Morgan fingerprint density at radius 3 is 2.58 bits per heavy atom. The highest BCUT2D eigenvalue weighted by atomic mass is 32.1. The Morgan fingerprint density at radius 2 is 1.91 bits per heavy atom. The van der Waals surface area contributed by atoms with Crippen LogP contribution < -0.4 is 9.47 Å². The molecule has 0 N–H and O–H groups in total. The van der Waals surface area contributed by atoms with Gasteiger partial charge in [-0.15, -0.1) is 11.3 Å². The number of rotatable bonds is 10. The summed E-state index contributed by atoms with van der Waals surface area (Å²) in [7, 11) is 1.62. The first kappa shape index (κ1) is 25.1. The number of amides is 2. The van der Waals surface area contributed by atoms with Crippen molar-refractivity contribution in [2.45, 2.75) is 59.0 Å². The van der Waals surface area contributed by atoms with E-state index in [0.29, 0.717) is 31.1 Å². The monoisotopic (exact) mass is 472 g/mol. The van der Waals surface area contributed by atoms with Crippen molar-refractivity contribution >= 4 is 23.2 Å². The van der Waals surface area contributed by atoms with E-state index >= 15 is 0 Å². The number of para-hydroxylation sites is 2. The highest BCUT2D eigenvalue weighted by Crippen LogP contribution is 2.35. The van der Waals surface area contributed by atoms with Crippen LogP contribution in [0.1, 0.15) is 57.0 Å². The van der Waals surface area contributed by atoms with E-state index in [1.807, 2.05) is 56.9 Å². The number of carbonyl (C=O) groups is 2. The van der Waals surface area contributed by atoms with Crippen LogP contribution in [0.4, 0.5) is 0 Å². The van der Waals surface area contributed by atoms with Gasteiger partial charge in [0.05, 0.1) is 13.2 Å². The van der Waals surface area contributed by atoms with Crippen LogP contribution in [0.15, 0.2) is 35.7 Å². The molecule has 1 aliphatic heterocycles. The minimum Gasteiger partial charge on any atom is -0.493 e. The molecule has 0 saturated carbocycles. The molecule has 2 aromatic rings. The fraction of sp³-hybridized carbons (Fsp3) is 0.538. The van der Waals surface area contributed by atoms with Gasteiger partial charge in [0.25, 0.3) is 0 Å². The molecule has 0 spiro atoms. The largest absolute Gasteiger partial charge is 0.493 e. The molecule has 6 nitrogen and oxygen atoms in total. The lowest BCUT2D eigenvalue weighted by Gasteiger charge is -2.38. The molecule has 1 aliphatic rings. The molecule has 180 valence electrons. The van der Waals surface area contributed by atoms with Crippen LogP contribution in [-0.2, 0) is 16.0 Å². The molecule has 2 atom stereocenters. The quantitative estimate of drug-likeness (QED) is 0.492. The summed E-state index contributed by atoms with van der Waals surface area (Å²) >= 11 is 1.72. The molecule has 0 radical (unpaired) electrons. The lowest BCUT2D eigenvalue weighted by atomic mass is 10.00. The molecule has 0 fully saturated rings. The van der Waals surface area contributed by atoms with Crippen molar-refractivity contribution in [1.29, 1.82) is 0 Å². The van der Waals surface area contributed by atoms with Gasteiger partial charge in [-0.3, -0.25) is 9.59 Å². The van der Waals surface area contributed by atoms with Crippen LogP contribution in [0.25, 0.3) is 0 Å². The second-order valence-corrected chi connectivity index (χ2v) is 9.99. The highest BCUT2D eigenvalue weighted by Gasteiger charge is 2.34. The predicted octanol–water partition coefficient (Wildman–Crippen LogP) is 4.93. The summed E-state index contributed by atoms with van der Waals surface area (Å²) in [6.07, 6.45) is 2.09. The molecule has 2 amide bonds. The predicted molar refractivity (Wildman–Crippen MR) is 132 cm³/mol. The lowest BCUT2D eigenvalue weighted by molar-refractivity contribution is -0.144. The molecule has 0 saturated heterocycles. The van der Waals surface area contributed by atoms with Crippen LogP contribution in [0.3, 0.4) is 0 Å². The number of fused-ring (bicyclic) bond motifs is 1. The second kappa shape index (κ2) is 11.5. The van der Waals surface area contributed by atoms with Gasteiger partial charge >= 0.3 is 0 Å². The first-order valence-electron chi connectivity index (χ1n) is 11.8. The Balaban J connectivity index is 1.80. The summed E-state index contributed by atoms with van der Waals surface area (Å²) in [6.45, 7) is 9.18. The summed E-state index contributed by atoms with van der Waals surface area (Å²) in [6, 6.07) is 9.45. The average molecular weight is 473 g/mol. The molecule has 7 heteroatoms. The summed E-state index contributed by atoms with van der Waals surface area (Å²) in [5.41, 5.74) is 1.14. The van der Waals surface area contributed by atoms with Crippen LogP contribution in [-0.4, -0.2) is 54.5 Å². The van der Waals surface area contributed by atoms with Crippen molar-refractivity contribution in [3.8, 4) is 11.5 Å². The minimum atomic E-state index is -0.198. The van der Waals surface area contributed by atoms with E-state index in [0.717, 1.165) is 18.4 Å². The van der Waals surface area contributed by atoms with Crippen molar-refractivity contribution in [3.05, 3.63) is 46.2 Å². The van der Waals surface area contributed by atoms with E-state index < -0.39 is 0 Å². The van der Waals surface area contributed by atoms with Crippen LogP contribution in [0.2, 0.25) is 0 Å². The Bertz CT molecular complexity index is 942. The van der Waals surface area contributed by atoms with Gasteiger partial charge in [0.15, 0.2) is 11.5 Å². The molecule has 0 bridgehead atoms. The van der Waals surface area contributed by atoms with Crippen molar-refractivity contribution in [2.75, 3.05) is 26.8 Å². The molecule has 2 heterocycles. The smallest absolute Gasteiger partial charge is 0.242 e. The van der Waals surface area contributed by atoms with Gasteiger partial charge in [-0.25, -0.2) is 0 Å². The van der Waals surface area contributed by atoms with Crippen LogP contribution in [0, 0.1) is 5.92 Å². The Morgan fingerprint density at radius 1 is 1.18 bits per heavy atom. The SMILES string of the molecule is CC[C@@H](C)N(CC(=O)N1CCc2sccc2[C@H]1COc1ccccc1OC)C(=O)CC(C)C. The zero-order chi connectivity index (χ0) is 24.0. The molecule has 0 unspecified atom stereocenters. The number of hydrogen-bond acceptors (Lipinski definition) is 5. The molecular weight excluding hydrogens is 436 g/mol. The topological polar surface area (TPSA) is 59.1 Å². The number of nitrogens with zero attached hydrogens (tertiary/aromatic N) is 2. The molecule has 1 aromatic heterocycles. The maximum atomic E-state index is 13.6. The van der Waals surface area contributed by atoms with E-state index in [2.05, 4.69) is 11.4 Å². The highest BCUT2D eigenvalue weighted by molar-refractivity contribution is 7.10. The second-order valence-electron chi connectivity index (χ2n) is 8.99. The number of hydrogen-bond donors (Lipinski definition) is 0. The van der Waals surface area contributed by atoms with Gasteiger partial charge in [0.2, 0.25) is 11.8 Å². The van der Waals surface area contributed by atoms with Gasteiger partial charge in [0.1, 0.15) is 13.2 Å². The third-order valence-electron chi connectivity index (χ3n) is 6.21. The summed E-state index contributed by atoms with van der Waals surface area (Å²) in [5.74, 6) is 1.59. The zero-order valence-electron chi connectivity index (χ0n) is 20.4. The maximum Gasteiger partial charge on any atom is 0.242 e. The third-order valence-corrected chi connectivity index (χ3v) is 7.21. The van der Waals surface area contributed by atoms with Crippen molar-refractivity contribution < 1.29 is 19.1 Å². The number of benzene rings is 1. The number of thiophene rings is 1. The fourth-order valence-corrected chi connectivity index (χ4v) is 5.12. The standard InChI is InChI=1S/C26H36N2O4S/c1-6-19(4)28(25(29)15-18(2)3)16-26(30)27-13-11-24-20(12-14-33-24)21(27)17-32-23-10-8-7-9-22(23)31-5/h7-10,12,14,18-19,21H,6,11,13,15-17H2,1-5H3/t19-,21-/m1/s1. The first-order valence-corrected chi connectivity index (χ1v) is 12.6. The lowest BCUT2D eigenvalue weighted by Crippen LogP contribution is -2.50. The van der Waals surface area contributed by atoms with Crippen LogP contribution >= 0.6 is 11.3 Å². The Labute approximate surface area is 201 Å². The van der Waals surface area contributed by atoms with Crippen molar-refractivity contribution in [3.63, 3.8) is 0 Å². The van der Waals surface area contributed by atoms with E-state index in [-0.39, 0.29) is 36.4 Å². The van der Waals surface area contributed by atoms with E-state index in [4.69, 9.17) is 9.47 Å². The van der Waals surface area contributed by atoms with Crippen molar-refractivity contribution in [2.24, 2.45) is 5.92 Å². The molecule has 33 heavy (non-hydrogen) atoms. The molecule has 1 aromatic carbocycles. The van der Waals surface area contributed by atoms with E-state index in [1.54, 1.807) is 23.3 Å². The normalized spacial score (nSPS) is 16.3. The zero-order valence-corrected chi connectivity index (χ0v) is 21.2. The van der Waals surface area contributed by atoms with Gasteiger partial charge in [-0.05, 0) is 54.8 Å². The fourth-order valence-electron chi connectivity index (χ4n) is 4.19. The Hall–Kier alpha value is -2.54.